The van der Waals surface area contributed by atoms with Crippen LogP contribution >= 0.6 is 0 Å². The van der Waals surface area contributed by atoms with Gasteiger partial charge in [-0.1, -0.05) is 30.3 Å². The SMILES string of the molecule is CCOc1ccccc1CNC(=O)COc1cccc(C)c1C. The summed E-state index contributed by atoms with van der Waals surface area (Å²) in [6, 6.07) is 13.5. The highest BCUT2D eigenvalue weighted by Crippen LogP contribution is 2.20. The molecule has 0 aromatic heterocycles. The second-order valence-electron chi connectivity index (χ2n) is 5.30. The number of hydrogen-bond donors (Lipinski definition) is 1. The summed E-state index contributed by atoms with van der Waals surface area (Å²) < 4.78 is 11.1. The molecule has 1 amide bonds. The number of nitrogens with one attached hydrogen (secondary N) is 1. The number of benzene rings is 2. The quantitative estimate of drug-likeness (QED) is 0.852. The van der Waals surface area contributed by atoms with Gasteiger partial charge in [-0.3, -0.25) is 4.79 Å². The van der Waals surface area contributed by atoms with Crippen LogP contribution in [0.2, 0.25) is 0 Å². The first-order valence-corrected chi connectivity index (χ1v) is 7.78. The molecule has 0 atom stereocenters. The van der Waals surface area contributed by atoms with E-state index in [0.29, 0.717) is 13.2 Å². The monoisotopic (exact) mass is 313 g/mol. The lowest BCUT2D eigenvalue weighted by atomic mass is 10.1. The van der Waals surface area contributed by atoms with Gasteiger partial charge in [-0.2, -0.15) is 0 Å². The van der Waals surface area contributed by atoms with Gasteiger partial charge < -0.3 is 14.8 Å². The van der Waals surface area contributed by atoms with Gasteiger partial charge in [0, 0.05) is 12.1 Å². The highest BCUT2D eigenvalue weighted by Gasteiger charge is 2.08. The third-order valence-corrected chi connectivity index (χ3v) is 3.66. The van der Waals surface area contributed by atoms with E-state index in [2.05, 4.69) is 5.32 Å². The van der Waals surface area contributed by atoms with E-state index in [9.17, 15) is 4.79 Å². The van der Waals surface area contributed by atoms with E-state index >= 15 is 0 Å². The van der Waals surface area contributed by atoms with Gasteiger partial charge in [0.15, 0.2) is 6.61 Å². The maximum absolute atomic E-state index is 12.0. The van der Waals surface area contributed by atoms with Crippen LogP contribution in [-0.4, -0.2) is 19.1 Å². The summed E-state index contributed by atoms with van der Waals surface area (Å²) in [4.78, 5) is 12.0. The van der Waals surface area contributed by atoms with Crippen LogP contribution in [0.5, 0.6) is 11.5 Å². The predicted octanol–water partition coefficient (Wildman–Crippen LogP) is 3.40. The third-order valence-electron chi connectivity index (χ3n) is 3.66. The van der Waals surface area contributed by atoms with Gasteiger partial charge in [0.2, 0.25) is 0 Å². The zero-order valence-corrected chi connectivity index (χ0v) is 13.9. The summed E-state index contributed by atoms with van der Waals surface area (Å²) in [6.07, 6.45) is 0. The fraction of sp³-hybridized carbons (Fsp3) is 0.316. The number of carbonyl (C=O) groups is 1. The Morgan fingerprint density at radius 1 is 1.00 bits per heavy atom. The Kier molecular flexibility index (Phi) is 6.03. The van der Waals surface area contributed by atoms with Gasteiger partial charge in [-0.25, -0.2) is 0 Å². The van der Waals surface area contributed by atoms with Crippen LogP contribution in [0.4, 0.5) is 0 Å². The molecule has 0 heterocycles. The molecule has 2 aromatic rings. The number of hydrogen-bond acceptors (Lipinski definition) is 3. The molecule has 0 spiro atoms. The second-order valence-corrected chi connectivity index (χ2v) is 5.30. The molecule has 0 fully saturated rings. The molecule has 0 bridgehead atoms. The summed E-state index contributed by atoms with van der Waals surface area (Å²) in [5.74, 6) is 1.39. The molecule has 0 saturated carbocycles. The van der Waals surface area contributed by atoms with Crippen LogP contribution in [0.15, 0.2) is 42.5 Å². The van der Waals surface area contributed by atoms with Crippen LogP contribution in [0, 0.1) is 13.8 Å². The first kappa shape index (κ1) is 16.9. The molecule has 4 nitrogen and oxygen atoms in total. The van der Waals surface area contributed by atoms with Crippen LogP contribution in [0.3, 0.4) is 0 Å². The molecule has 0 unspecified atom stereocenters. The average molecular weight is 313 g/mol. The summed E-state index contributed by atoms with van der Waals surface area (Å²) in [5, 5.41) is 2.86. The molecule has 0 aliphatic heterocycles. The zero-order chi connectivity index (χ0) is 16.7. The molecule has 0 aliphatic carbocycles. The maximum atomic E-state index is 12.0. The van der Waals surface area contributed by atoms with Crippen LogP contribution in [0.25, 0.3) is 0 Å². The molecule has 1 N–H and O–H groups in total. The van der Waals surface area contributed by atoms with E-state index in [1.54, 1.807) is 0 Å². The lowest BCUT2D eigenvalue weighted by molar-refractivity contribution is -0.123. The lowest BCUT2D eigenvalue weighted by Crippen LogP contribution is -2.28. The van der Waals surface area contributed by atoms with Crippen molar-refractivity contribution in [3.63, 3.8) is 0 Å². The minimum atomic E-state index is -0.155. The first-order valence-electron chi connectivity index (χ1n) is 7.78. The van der Waals surface area contributed by atoms with E-state index < -0.39 is 0 Å². The lowest BCUT2D eigenvalue weighted by Gasteiger charge is -2.12. The summed E-state index contributed by atoms with van der Waals surface area (Å²) in [6.45, 7) is 6.97. The van der Waals surface area contributed by atoms with E-state index in [0.717, 1.165) is 28.2 Å². The third kappa shape index (κ3) is 4.74. The molecular weight excluding hydrogens is 290 g/mol. The Labute approximate surface area is 137 Å². The Hall–Kier alpha value is -2.49. The maximum Gasteiger partial charge on any atom is 0.258 e. The molecular formula is C19H23NO3. The Morgan fingerprint density at radius 2 is 1.74 bits per heavy atom. The van der Waals surface area contributed by atoms with Crippen molar-refractivity contribution in [1.29, 1.82) is 0 Å². The van der Waals surface area contributed by atoms with Crippen LogP contribution in [-0.2, 0) is 11.3 Å². The van der Waals surface area contributed by atoms with Crippen molar-refractivity contribution < 1.29 is 14.3 Å². The largest absolute Gasteiger partial charge is 0.494 e. The number of carbonyl (C=O) groups excluding carboxylic acids is 1. The average Bonchev–Trinajstić information content (AvgIpc) is 2.55. The van der Waals surface area contributed by atoms with Crippen molar-refractivity contribution in [2.75, 3.05) is 13.2 Å². The van der Waals surface area contributed by atoms with Gasteiger partial charge in [0.05, 0.1) is 6.61 Å². The Balaban J connectivity index is 1.87. The van der Waals surface area contributed by atoms with Crippen molar-refractivity contribution in [2.45, 2.75) is 27.3 Å². The topological polar surface area (TPSA) is 47.6 Å². The minimum Gasteiger partial charge on any atom is -0.494 e. The predicted molar refractivity (Wildman–Crippen MR) is 90.9 cm³/mol. The zero-order valence-electron chi connectivity index (χ0n) is 13.9. The van der Waals surface area contributed by atoms with Gasteiger partial charge in [-0.15, -0.1) is 0 Å². The highest BCUT2D eigenvalue weighted by molar-refractivity contribution is 5.77. The van der Waals surface area contributed by atoms with Crippen molar-refractivity contribution in [2.24, 2.45) is 0 Å². The number of rotatable bonds is 7. The Bertz CT molecular complexity index is 667. The van der Waals surface area contributed by atoms with Crippen molar-refractivity contribution >= 4 is 5.91 Å². The Morgan fingerprint density at radius 3 is 2.52 bits per heavy atom. The molecule has 23 heavy (non-hydrogen) atoms. The van der Waals surface area contributed by atoms with E-state index in [1.165, 1.54) is 0 Å². The first-order chi connectivity index (χ1) is 11.1. The van der Waals surface area contributed by atoms with Crippen LogP contribution < -0.4 is 14.8 Å². The second kappa shape index (κ2) is 8.22. The number of aryl methyl sites for hydroxylation is 1. The van der Waals surface area contributed by atoms with E-state index in [4.69, 9.17) is 9.47 Å². The summed E-state index contributed by atoms with van der Waals surface area (Å²) in [7, 11) is 0. The molecule has 2 aromatic carbocycles. The molecule has 0 saturated heterocycles. The summed E-state index contributed by atoms with van der Waals surface area (Å²) >= 11 is 0. The van der Waals surface area contributed by atoms with Crippen molar-refractivity contribution in [3.05, 3.63) is 59.2 Å². The standard InChI is InChI=1S/C19H23NO3/c1-4-22-18-10-6-5-9-16(18)12-20-19(21)13-23-17-11-7-8-14(2)15(17)3/h5-11H,4,12-13H2,1-3H3,(H,20,21). The molecule has 0 aliphatic rings. The molecule has 0 radical (unpaired) electrons. The highest BCUT2D eigenvalue weighted by atomic mass is 16.5. The van der Waals surface area contributed by atoms with Crippen molar-refractivity contribution in [1.82, 2.24) is 5.32 Å². The fourth-order valence-electron chi connectivity index (χ4n) is 2.21. The molecule has 122 valence electrons. The van der Waals surface area contributed by atoms with Gasteiger partial charge >= 0.3 is 0 Å². The number of ether oxygens (including phenoxy) is 2. The van der Waals surface area contributed by atoms with E-state index in [-0.39, 0.29) is 12.5 Å². The van der Waals surface area contributed by atoms with Gasteiger partial charge in [0.25, 0.3) is 5.91 Å². The van der Waals surface area contributed by atoms with Crippen LogP contribution in [0.1, 0.15) is 23.6 Å². The normalized spacial score (nSPS) is 10.2. The van der Waals surface area contributed by atoms with Gasteiger partial charge in [0.1, 0.15) is 11.5 Å². The minimum absolute atomic E-state index is 0.00109. The smallest absolute Gasteiger partial charge is 0.258 e. The summed E-state index contributed by atoms with van der Waals surface area (Å²) in [5.41, 5.74) is 3.16. The van der Waals surface area contributed by atoms with Gasteiger partial charge in [-0.05, 0) is 44.0 Å². The van der Waals surface area contributed by atoms with E-state index in [1.807, 2.05) is 63.2 Å². The van der Waals surface area contributed by atoms with Crippen molar-refractivity contribution in [3.8, 4) is 11.5 Å². The number of para-hydroxylation sites is 1. The molecule has 4 heteroatoms. The fourth-order valence-corrected chi connectivity index (χ4v) is 2.21. The number of amides is 1. The molecule has 2 rings (SSSR count).